The summed E-state index contributed by atoms with van der Waals surface area (Å²) in [6, 6.07) is 7.98. The minimum Gasteiger partial charge on any atom is -0.464 e. The van der Waals surface area contributed by atoms with E-state index in [9.17, 15) is 9.59 Å². The third kappa shape index (κ3) is 4.84. The summed E-state index contributed by atoms with van der Waals surface area (Å²) in [6.45, 7) is 4.68. The van der Waals surface area contributed by atoms with Crippen LogP contribution in [0.5, 0.6) is 0 Å². The van der Waals surface area contributed by atoms with Crippen molar-refractivity contribution in [1.29, 1.82) is 0 Å². The van der Waals surface area contributed by atoms with Crippen molar-refractivity contribution in [3.8, 4) is 0 Å². The summed E-state index contributed by atoms with van der Waals surface area (Å²) in [5.74, 6) is -0.582. The second-order valence-corrected chi connectivity index (χ2v) is 8.60. The van der Waals surface area contributed by atoms with Gasteiger partial charge in [-0.15, -0.1) is 0 Å². The molecule has 8 heteroatoms. The van der Waals surface area contributed by atoms with Crippen LogP contribution in [0.3, 0.4) is 0 Å². The monoisotopic (exact) mass is 449 g/mol. The van der Waals surface area contributed by atoms with Crippen LogP contribution in [0.15, 0.2) is 36.7 Å². The molecule has 1 saturated carbocycles. The highest BCUT2D eigenvalue weighted by molar-refractivity contribution is 6.11. The smallest absolute Gasteiger partial charge is 0.356 e. The molecule has 1 atom stereocenters. The second-order valence-electron chi connectivity index (χ2n) is 8.60. The van der Waals surface area contributed by atoms with Gasteiger partial charge in [0.05, 0.1) is 24.7 Å². The molecule has 0 aliphatic heterocycles. The molecule has 0 bridgehead atoms. The number of methoxy groups -OCH3 is 1. The van der Waals surface area contributed by atoms with Crippen LogP contribution in [0.1, 0.15) is 55.7 Å². The van der Waals surface area contributed by atoms with E-state index >= 15 is 0 Å². The van der Waals surface area contributed by atoms with Crippen molar-refractivity contribution in [2.45, 2.75) is 58.5 Å². The van der Waals surface area contributed by atoms with Crippen molar-refractivity contribution in [3.05, 3.63) is 48.0 Å². The molecule has 1 aliphatic rings. The van der Waals surface area contributed by atoms with E-state index in [1.54, 1.807) is 12.4 Å². The van der Waals surface area contributed by atoms with Gasteiger partial charge in [0, 0.05) is 42.2 Å². The van der Waals surface area contributed by atoms with Gasteiger partial charge in [-0.2, -0.15) is 0 Å². The number of amides is 1. The zero-order chi connectivity index (χ0) is 23.4. The minimum absolute atomic E-state index is 0.0169. The second kappa shape index (κ2) is 10.0. The summed E-state index contributed by atoms with van der Waals surface area (Å²) in [4.78, 5) is 34.9. The lowest BCUT2D eigenvalue weighted by Crippen LogP contribution is -2.29. The number of hydrogen-bond acceptors (Lipinski definition) is 6. The molecule has 0 spiro atoms. The molecule has 1 aliphatic carbocycles. The minimum atomic E-state index is -0.505. The molecule has 2 N–H and O–H groups in total. The van der Waals surface area contributed by atoms with Crippen LogP contribution in [0, 0.1) is 5.92 Å². The van der Waals surface area contributed by atoms with Gasteiger partial charge in [-0.05, 0) is 44.4 Å². The Hall–Kier alpha value is -3.42. The Morgan fingerprint density at radius 1 is 1.27 bits per heavy atom. The first-order chi connectivity index (χ1) is 16.0. The highest BCUT2D eigenvalue weighted by Crippen LogP contribution is 2.35. The fourth-order valence-corrected chi connectivity index (χ4v) is 4.01. The molecule has 3 heterocycles. The van der Waals surface area contributed by atoms with Crippen LogP contribution in [0.4, 0.5) is 11.4 Å². The summed E-state index contributed by atoms with van der Waals surface area (Å²) in [6.07, 6.45) is 7.89. The van der Waals surface area contributed by atoms with Crippen molar-refractivity contribution in [3.63, 3.8) is 0 Å². The van der Waals surface area contributed by atoms with E-state index in [4.69, 9.17) is 4.74 Å². The number of anilines is 2. The topological polar surface area (TPSA) is 98.1 Å². The molecule has 0 unspecified atom stereocenters. The lowest BCUT2D eigenvalue weighted by atomic mass is 9.85. The summed E-state index contributed by atoms with van der Waals surface area (Å²) in [7, 11) is 1.35. The van der Waals surface area contributed by atoms with Gasteiger partial charge < -0.3 is 19.9 Å². The third-order valence-corrected chi connectivity index (χ3v) is 6.34. The molecule has 0 radical (unpaired) electrons. The Kier molecular flexibility index (Phi) is 6.91. The number of carbonyl (C=O) groups excluding carboxylic acids is 2. The molecule has 33 heavy (non-hydrogen) atoms. The van der Waals surface area contributed by atoms with Gasteiger partial charge >= 0.3 is 5.97 Å². The van der Waals surface area contributed by atoms with Crippen molar-refractivity contribution < 1.29 is 14.3 Å². The first-order valence-corrected chi connectivity index (χ1v) is 11.6. The summed E-state index contributed by atoms with van der Waals surface area (Å²) >= 11 is 0. The molecule has 0 aromatic carbocycles. The molecule has 0 saturated heterocycles. The zero-order valence-electron chi connectivity index (χ0n) is 19.4. The van der Waals surface area contributed by atoms with Crippen LogP contribution >= 0.6 is 0 Å². The maximum Gasteiger partial charge on any atom is 0.356 e. The number of pyridine rings is 2. The van der Waals surface area contributed by atoms with E-state index in [0.29, 0.717) is 30.0 Å². The number of aryl methyl sites for hydroxylation is 2. The number of hydrogen-bond donors (Lipinski definition) is 2. The molecule has 4 rings (SSSR count). The number of rotatable bonds is 9. The first-order valence-electron chi connectivity index (χ1n) is 11.6. The van der Waals surface area contributed by atoms with Gasteiger partial charge in [0.2, 0.25) is 5.91 Å². The largest absolute Gasteiger partial charge is 0.464 e. The molecule has 1 fully saturated rings. The maximum absolute atomic E-state index is 12.9. The highest BCUT2D eigenvalue weighted by atomic mass is 16.5. The van der Waals surface area contributed by atoms with Crippen LogP contribution in [-0.4, -0.2) is 39.6 Å². The van der Waals surface area contributed by atoms with Gasteiger partial charge in [-0.3, -0.25) is 9.78 Å². The van der Waals surface area contributed by atoms with Gasteiger partial charge in [0.15, 0.2) is 5.69 Å². The van der Waals surface area contributed by atoms with Crippen LogP contribution < -0.4 is 10.6 Å². The van der Waals surface area contributed by atoms with Crippen LogP contribution in [0.25, 0.3) is 11.0 Å². The Morgan fingerprint density at radius 3 is 2.73 bits per heavy atom. The normalized spacial score (nSPS) is 14.5. The predicted molar refractivity (Wildman–Crippen MR) is 128 cm³/mol. The standard InChI is InChI=1S/C25H31N5O3/c1-4-16(2)28-19-14-20-21(29-24(31)17-8-7-9-17)22(25(32)33-3)30(23(20)27-15-19)13-11-18-10-5-6-12-26-18/h5-6,10,12,14-17,28H,4,7-9,11,13H2,1-3H3,(H,29,31)/t16-/m1/s1. The SMILES string of the molecule is CC[C@@H](C)Nc1cnc2c(c1)c(NC(=O)C1CCC1)c(C(=O)OC)n2CCc1ccccn1. The van der Waals surface area contributed by atoms with E-state index in [1.807, 2.05) is 28.8 Å². The Balaban J connectivity index is 1.80. The van der Waals surface area contributed by atoms with Crippen molar-refractivity contribution in [1.82, 2.24) is 14.5 Å². The zero-order valence-corrected chi connectivity index (χ0v) is 19.4. The molecule has 3 aromatic heterocycles. The molecule has 174 valence electrons. The lowest BCUT2D eigenvalue weighted by molar-refractivity contribution is -0.122. The molecule has 1 amide bonds. The van der Waals surface area contributed by atoms with Crippen molar-refractivity contribution in [2.24, 2.45) is 5.92 Å². The predicted octanol–water partition coefficient (Wildman–Crippen LogP) is 4.41. The summed E-state index contributed by atoms with van der Waals surface area (Å²) < 4.78 is 6.96. The number of carbonyl (C=O) groups is 2. The summed E-state index contributed by atoms with van der Waals surface area (Å²) in [5.41, 5.74) is 3.16. The maximum atomic E-state index is 12.9. The quantitative estimate of drug-likeness (QED) is 0.470. The van der Waals surface area contributed by atoms with Gasteiger partial charge in [0.1, 0.15) is 5.65 Å². The molecule has 8 nitrogen and oxygen atoms in total. The van der Waals surface area contributed by atoms with E-state index < -0.39 is 5.97 Å². The fraction of sp³-hybridized carbons (Fsp3) is 0.440. The van der Waals surface area contributed by atoms with Crippen molar-refractivity contribution in [2.75, 3.05) is 17.7 Å². The van der Waals surface area contributed by atoms with E-state index in [1.165, 1.54) is 7.11 Å². The van der Waals surface area contributed by atoms with Crippen molar-refractivity contribution >= 4 is 34.3 Å². The number of fused-ring (bicyclic) bond motifs is 1. The van der Waals surface area contributed by atoms with E-state index in [-0.39, 0.29) is 17.9 Å². The van der Waals surface area contributed by atoms with Gasteiger partial charge in [0.25, 0.3) is 0 Å². The first kappa shape index (κ1) is 22.8. The Morgan fingerprint density at radius 2 is 2.09 bits per heavy atom. The number of aromatic nitrogens is 3. The molecule has 3 aromatic rings. The van der Waals surface area contributed by atoms with E-state index in [0.717, 1.165) is 42.5 Å². The lowest BCUT2D eigenvalue weighted by Gasteiger charge is -2.24. The number of nitrogens with one attached hydrogen (secondary N) is 2. The average molecular weight is 450 g/mol. The number of ether oxygens (including phenoxy) is 1. The average Bonchev–Trinajstić information content (AvgIpc) is 3.09. The highest BCUT2D eigenvalue weighted by Gasteiger charge is 2.30. The van der Waals surface area contributed by atoms with Crippen LogP contribution in [-0.2, 0) is 22.5 Å². The molecular formula is C25H31N5O3. The Bertz CT molecular complexity index is 1140. The third-order valence-electron chi connectivity index (χ3n) is 6.34. The van der Waals surface area contributed by atoms with Gasteiger partial charge in [-0.1, -0.05) is 19.4 Å². The van der Waals surface area contributed by atoms with Crippen LogP contribution in [0.2, 0.25) is 0 Å². The molecular weight excluding hydrogens is 418 g/mol. The number of esters is 1. The Labute approximate surface area is 193 Å². The fourth-order valence-electron chi connectivity index (χ4n) is 4.01. The number of nitrogens with zero attached hydrogens (tertiary/aromatic N) is 3. The summed E-state index contributed by atoms with van der Waals surface area (Å²) in [5, 5.41) is 7.19. The van der Waals surface area contributed by atoms with Gasteiger partial charge in [-0.25, -0.2) is 9.78 Å². The van der Waals surface area contributed by atoms with E-state index in [2.05, 4.69) is 34.4 Å².